The molecule has 0 aromatic carbocycles. The van der Waals surface area contributed by atoms with Gasteiger partial charge in [0.2, 0.25) is 5.95 Å². The second kappa shape index (κ2) is 6.70. The molecule has 0 atom stereocenters. The van der Waals surface area contributed by atoms with Crippen LogP contribution in [-0.2, 0) is 19.3 Å². The summed E-state index contributed by atoms with van der Waals surface area (Å²) in [5.41, 5.74) is 3.95. The quantitative estimate of drug-likeness (QED) is 0.778. The van der Waals surface area contributed by atoms with E-state index in [4.69, 9.17) is 0 Å². The lowest BCUT2D eigenvalue weighted by Crippen LogP contribution is -2.21. The third-order valence-corrected chi connectivity index (χ3v) is 3.96. The van der Waals surface area contributed by atoms with Gasteiger partial charge in [-0.1, -0.05) is 6.07 Å². The fraction of sp³-hybridized carbons (Fsp3) is 0.438. The van der Waals surface area contributed by atoms with Crippen LogP contribution in [0.1, 0.15) is 22.5 Å². The number of rotatable bonds is 4. The lowest BCUT2D eigenvalue weighted by molar-refractivity contribution is 0.708. The Morgan fingerprint density at radius 2 is 2.18 bits per heavy atom. The number of nitrogens with one attached hydrogen (secondary N) is 3. The van der Waals surface area contributed by atoms with Crippen molar-refractivity contribution in [3.63, 3.8) is 0 Å². The standard InChI is InChI=1S/C16H21N5O/c1-11-3-2-7-18-13(11)6-10-19-16-20-14-5-9-17-8-4-12(14)15(22)21-16/h2-3,7,17H,4-6,8-10H2,1H3,(H2,19,20,21,22). The van der Waals surface area contributed by atoms with Crippen molar-refractivity contribution >= 4 is 5.95 Å². The van der Waals surface area contributed by atoms with Crippen molar-refractivity contribution in [2.75, 3.05) is 25.0 Å². The van der Waals surface area contributed by atoms with Gasteiger partial charge in [-0.05, 0) is 31.5 Å². The summed E-state index contributed by atoms with van der Waals surface area (Å²) in [6.45, 7) is 4.45. The number of hydrogen-bond donors (Lipinski definition) is 3. The van der Waals surface area contributed by atoms with Crippen molar-refractivity contribution in [2.45, 2.75) is 26.2 Å². The van der Waals surface area contributed by atoms with Crippen molar-refractivity contribution in [1.82, 2.24) is 20.3 Å². The number of nitrogens with zero attached hydrogens (tertiary/aromatic N) is 2. The summed E-state index contributed by atoms with van der Waals surface area (Å²) in [5, 5.41) is 6.49. The molecule has 0 unspecified atom stereocenters. The minimum atomic E-state index is -0.0229. The van der Waals surface area contributed by atoms with Crippen LogP contribution in [0.25, 0.3) is 0 Å². The number of aryl methyl sites for hydroxylation is 1. The van der Waals surface area contributed by atoms with E-state index in [1.807, 2.05) is 6.07 Å². The van der Waals surface area contributed by atoms with Crippen LogP contribution >= 0.6 is 0 Å². The van der Waals surface area contributed by atoms with E-state index in [2.05, 4.69) is 38.6 Å². The first-order valence-electron chi connectivity index (χ1n) is 7.71. The molecule has 2 aromatic heterocycles. The third-order valence-electron chi connectivity index (χ3n) is 3.96. The monoisotopic (exact) mass is 299 g/mol. The minimum Gasteiger partial charge on any atom is -0.355 e. The number of hydrogen-bond acceptors (Lipinski definition) is 5. The van der Waals surface area contributed by atoms with Crippen molar-refractivity contribution < 1.29 is 0 Å². The maximum atomic E-state index is 12.1. The zero-order valence-corrected chi connectivity index (χ0v) is 12.8. The molecule has 0 radical (unpaired) electrons. The van der Waals surface area contributed by atoms with Crippen molar-refractivity contribution in [3.05, 3.63) is 51.2 Å². The summed E-state index contributed by atoms with van der Waals surface area (Å²) in [4.78, 5) is 23.9. The molecule has 0 bridgehead atoms. The Hall–Kier alpha value is -2.21. The lowest BCUT2D eigenvalue weighted by atomic mass is 10.1. The Bertz CT molecular complexity index is 710. The Morgan fingerprint density at radius 3 is 3.05 bits per heavy atom. The van der Waals surface area contributed by atoms with Gasteiger partial charge in [0.15, 0.2) is 0 Å². The first-order valence-corrected chi connectivity index (χ1v) is 7.71. The topological polar surface area (TPSA) is 82.7 Å². The molecule has 22 heavy (non-hydrogen) atoms. The summed E-state index contributed by atoms with van der Waals surface area (Å²) in [7, 11) is 0. The average Bonchev–Trinajstić information content (AvgIpc) is 2.75. The van der Waals surface area contributed by atoms with Gasteiger partial charge in [-0.3, -0.25) is 14.8 Å². The zero-order valence-electron chi connectivity index (χ0n) is 12.8. The van der Waals surface area contributed by atoms with Crippen LogP contribution < -0.4 is 16.2 Å². The van der Waals surface area contributed by atoms with Crippen LogP contribution in [-0.4, -0.2) is 34.6 Å². The molecule has 0 fully saturated rings. The maximum absolute atomic E-state index is 12.1. The Kier molecular flexibility index (Phi) is 4.48. The van der Waals surface area contributed by atoms with Gasteiger partial charge in [0.05, 0.1) is 5.69 Å². The van der Waals surface area contributed by atoms with E-state index >= 15 is 0 Å². The number of pyridine rings is 1. The molecule has 0 saturated carbocycles. The van der Waals surface area contributed by atoms with E-state index < -0.39 is 0 Å². The molecule has 3 N–H and O–H groups in total. The van der Waals surface area contributed by atoms with Crippen molar-refractivity contribution in [3.8, 4) is 0 Å². The third kappa shape index (κ3) is 3.33. The normalized spacial score (nSPS) is 14.2. The summed E-state index contributed by atoms with van der Waals surface area (Å²) >= 11 is 0. The van der Waals surface area contributed by atoms with Gasteiger partial charge < -0.3 is 10.6 Å². The van der Waals surface area contributed by atoms with Gasteiger partial charge in [-0.25, -0.2) is 4.98 Å². The van der Waals surface area contributed by atoms with Gasteiger partial charge in [0.25, 0.3) is 5.56 Å². The largest absolute Gasteiger partial charge is 0.355 e. The van der Waals surface area contributed by atoms with E-state index in [0.717, 1.165) is 49.3 Å². The number of fused-ring (bicyclic) bond motifs is 1. The zero-order chi connectivity index (χ0) is 15.4. The molecule has 3 rings (SSSR count). The molecule has 116 valence electrons. The first kappa shape index (κ1) is 14.7. The molecule has 1 aliphatic heterocycles. The van der Waals surface area contributed by atoms with Crippen LogP contribution in [0.3, 0.4) is 0 Å². The molecule has 0 aliphatic carbocycles. The average molecular weight is 299 g/mol. The molecule has 2 aromatic rings. The molecule has 6 nitrogen and oxygen atoms in total. The predicted octanol–water partition coefficient (Wildman–Crippen LogP) is 0.816. The lowest BCUT2D eigenvalue weighted by Gasteiger charge is -2.09. The molecule has 0 saturated heterocycles. The second-order valence-corrected chi connectivity index (χ2v) is 5.53. The summed E-state index contributed by atoms with van der Waals surface area (Å²) in [6, 6.07) is 3.99. The molecule has 3 heterocycles. The maximum Gasteiger partial charge on any atom is 0.255 e. The Morgan fingerprint density at radius 1 is 1.32 bits per heavy atom. The smallest absolute Gasteiger partial charge is 0.255 e. The van der Waals surface area contributed by atoms with Gasteiger partial charge in [-0.15, -0.1) is 0 Å². The molecular weight excluding hydrogens is 278 g/mol. The summed E-state index contributed by atoms with van der Waals surface area (Å²) in [6.07, 6.45) is 4.14. The Labute approximate surface area is 129 Å². The number of H-pyrrole nitrogens is 1. The highest BCUT2D eigenvalue weighted by molar-refractivity contribution is 5.31. The van der Waals surface area contributed by atoms with E-state index in [0.29, 0.717) is 12.5 Å². The van der Waals surface area contributed by atoms with Crippen LogP contribution in [0.4, 0.5) is 5.95 Å². The first-order chi connectivity index (χ1) is 10.7. The second-order valence-electron chi connectivity index (χ2n) is 5.53. The summed E-state index contributed by atoms with van der Waals surface area (Å²) in [5.74, 6) is 0.555. The number of aromatic nitrogens is 3. The van der Waals surface area contributed by atoms with Crippen LogP contribution in [0.15, 0.2) is 23.1 Å². The van der Waals surface area contributed by atoms with Crippen molar-refractivity contribution in [2.24, 2.45) is 0 Å². The molecular formula is C16H21N5O. The number of aromatic amines is 1. The molecule has 1 aliphatic rings. The SMILES string of the molecule is Cc1cccnc1CCNc1nc2c(c(=O)[nH]1)CCNCC2. The minimum absolute atomic E-state index is 0.0229. The van der Waals surface area contributed by atoms with Crippen LogP contribution in [0.5, 0.6) is 0 Å². The van der Waals surface area contributed by atoms with Gasteiger partial charge >= 0.3 is 0 Å². The predicted molar refractivity (Wildman–Crippen MR) is 86.3 cm³/mol. The molecule has 0 spiro atoms. The summed E-state index contributed by atoms with van der Waals surface area (Å²) < 4.78 is 0. The van der Waals surface area contributed by atoms with Crippen molar-refractivity contribution in [1.29, 1.82) is 0 Å². The molecule has 6 heteroatoms. The van der Waals surface area contributed by atoms with E-state index in [1.165, 1.54) is 5.56 Å². The Balaban J connectivity index is 1.68. The highest BCUT2D eigenvalue weighted by Gasteiger charge is 2.13. The fourth-order valence-electron chi connectivity index (χ4n) is 2.72. The molecule has 0 amide bonds. The fourth-order valence-corrected chi connectivity index (χ4v) is 2.72. The van der Waals surface area contributed by atoms with Crippen LogP contribution in [0.2, 0.25) is 0 Å². The van der Waals surface area contributed by atoms with Gasteiger partial charge in [0, 0.05) is 43.4 Å². The van der Waals surface area contributed by atoms with Crippen LogP contribution in [0, 0.1) is 6.92 Å². The van der Waals surface area contributed by atoms with Gasteiger partial charge in [0.1, 0.15) is 0 Å². The highest BCUT2D eigenvalue weighted by atomic mass is 16.1. The van der Waals surface area contributed by atoms with Gasteiger partial charge in [-0.2, -0.15) is 0 Å². The van der Waals surface area contributed by atoms with E-state index in [-0.39, 0.29) is 5.56 Å². The number of anilines is 1. The highest BCUT2D eigenvalue weighted by Crippen LogP contribution is 2.09. The van der Waals surface area contributed by atoms with E-state index in [9.17, 15) is 4.79 Å². The van der Waals surface area contributed by atoms with E-state index in [1.54, 1.807) is 6.20 Å².